The smallest absolute Gasteiger partial charge is 0.271 e. The largest absolute Gasteiger partial charge is 0.497 e. The number of hydrogen-bond donors (Lipinski definition) is 1. The van der Waals surface area contributed by atoms with Crippen LogP contribution in [0.2, 0.25) is 10.0 Å². The molecule has 1 N–H and O–H groups in total. The summed E-state index contributed by atoms with van der Waals surface area (Å²) in [4.78, 5) is 13.3. The molecule has 178 valence electrons. The lowest BCUT2D eigenvalue weighted by Gasteiger charge is -2.25. The van der Waals surface area contributed by atoms with Gasteiger partial charge in [0.15, 0.2) is 0 Å². The molecule has 34 heavy (non-hydrogen) atoms. The van der Waals surface area contributed by atoms with E-state index < -0.39 is 0 Å². The van der Waals surface area contributed by atoms with Crippen molar-refractivity contribution in [2.75, 3.05) is 12.1 Å². The molecule has 2 aromatic rings. The van der Waals surface area contributed by atoms with Gasteiger partial charge in [0.05, 0.1) is 23.9 Å². The molecule has 0 spiro atoms. The Morgan fingerprint density at radius 2 is 1.88 bits per heavy atom. The SMILES string of the molecule is COc1ccc(C2CC(C(=O)N/C3=C/CC4CCC(CC3)C4)=NN2c2ccc(Cl)cc2Cl)cc1. The van der Waals surface area contributed by atoms with E-state index in [9.17, 15) is 4.79 Å². The number of hydrazone groups is 1. The normalized spacial score (nSPS) is 25.7. The molecule has 2 aromatic carbocycles. The molecule has 1 fully saturated rings. The lowest BCUT2D eigenvalue weighted by atomic mass is 9.93. The van der Waals surface area contributed by atoms with Gasteiger partial charge in [-0.05, 0) is 79.8 Å². The topological polar surface area (TPSA) is 53.9 Å². The fraction of sp³-hybridized carbons (Fsp3) is 0.407. The molecule has 0 aromatic heterocycles. The maximum Gasteiger partial charge on any atom is 0.271 e. The number of anilines is 1. The summed E-state index contributed by atoms with van der Waals surface area (Å²) >= 11 is 12.7. The minimum absolute atomic E-state index is 0.134. The molecule has 1 saturated carbocycles. The molecule has 1 aliphatic heterocycles. The summed E-state index contributed by atoms with van der Waals surface area (Å²) in [5.74, 6) is 2.21. The summed E-state index contributed by atoms with van der Waals surface area (Å²) in [6.45, 7) is 0. The van der Waals surface area contributed by atoms with Crippen molar-refractivity contribution in [2.24, 2.45) is 16.9 Å². The first kappa shape index (κ1) is 23.3. The van der Waals surface area contributed by atoms with E-state index in [0.29, 0.717) is 22.2 Å². The summed E-state index contributed by atoms with van der Waals surface area (Å²) < 4.78 is 5.31. The Morgan fingerprint density at radius 1 is 1.09 bits per heavy atom. The van der Waals surface area contributed by atoms with Crippen molar-refractivity contribution in [1.82, 2.24) is 5.32 Å². The zero-order valence-electron chi connectivity index (χ0n) is 19.3. The monoisotopic (exact) mass is 497 g/mol. The molecule has 1 amide bonds. The molecular weight excluding hydrogens is 469 g/mol. The molecule has 3 unspecified atom stereocenters. The van der Waals surface area contributed by atoms with Crippen LogP contribution in [0.15, 0.2) is 59.3 Å². The standard InChI is InChI=1S/C27H29Cl2N3O2/c1-34-22-11-6-19(7-12-22)26-16-24(31-32(26)25-13-8-20(28)15-23(25)29)27(33)30-21-9-4-17-2-3-18(14-17)5-10-21/h6-9,11-13,15,17-18,26H,2-5,10,14,16H2,1H3,(H,30,33)/b21-9+. The minimum Gasteiger partial charge on any atom is -0.497 e. The van der Waals surface area contributed by atoms with Gasteiger partial charge >= 0.3 is 0 Å². The molecule has 0 radical (unpaired) electrons. The van der Waals surface area contributed by atoms with Crippen LogP contribution in [0.1, 0.15) is 56.6 Å². The Kier molecular flexibility index (Phi) is 6.84. The molecule has 1 heterocycles. The zero-order valence-corrected chi connectivity index (χ0v) is 20.8. The zero-order chi connectivity index (χ0) is 23.7. The molecule has 2 aliphatic carbocycles. The van der Waals surface area contributed by atoms with E-state index in [0.717, 1.165) is 53.8 Å². The van der Waals surface area contributed by atoms with E-state index in [4.69, 9.17) is 33.0 Å². The van der Waals surface area contributed by atoms with Gasteiger partial charge < -0.3 is 10.1 Å². The second kappa shape index (κ2) is 10.0. The fourth-order valence-corrected chi connectivity index (χ4v) is 5.87. The number of carbonyl (C=O) groups is 1. The number of benzene rings is 2. The Balaban J connectivity index is 1.40. The molecule has 7 heteroatoms. The quantitative estimate of drug-likeness (QED) is 0.488. The molecule has 5 rings (SSSR count). The van der Waals surface area contributed by atoms with Gasteiger partial charge in [-0.15, -0.1) is 0 Å². The Hall–Kier alpha value is -2.50. The van der Waals surface area contributed by atoms with E-state index in [1.165, 1.54) is 19.3 Å². The van der Waals surface area contributed by atoms with Crippen LogP contribution in [0.5, 0.6) is 5.75 Å². The third-order valence-corrected chi connectivity index (χ3v) is 7.81. The van der Waals surface area contributed by atoms with Crippen molar-refractivity contribution in [3.05, 3.63) is 69.8 Å². The molecule has 5 nitrogen and oxygen atoms in total. The highest BCUT2D eigenvalue weighted by Gasteiger charge is 2.34. The second-order valence-electron chi connectivity index (χ2n) is 9.48. The van der Waals surface area contributed by atoms with E-state index in [-0.39, 0.29) is 11.9 Å². The van der Waals surface area contributed by atoms with Crippen LogP contribution in [-0.4, -0.2) is 18.7 Å². The number of allylic oxidation sites excluding steroid dienone is 2. The van der Waals surface area contributed by atoms with Crippen LogP contribution in [-0.2, 0) is 4.79 Å². The number of fused-ring (bicyclic) bond motifs is 2. The molecular formula is C27H29Cl2N3O2. The van der Waals surface area contributed by atoms with Gasteiger partial charge in [0.1, 0.15) is 11.5 Å². The van der Waals surface area contributed by atoms with Crippen LogP contribution >= 0.6 is 23.2 Å². The van der Waals surface area contributed by atoms with E-state index in [1.54, 1.807) is 19.2 Å². The van der Waals surface area contributed by atoms with Gasteiger partial charge in [-0.3, -0.25) is 9.80 Å². The van der Waals surface area contributed by atoms with Gasteiger partial charge in [0.25, 0.3) is 5.91 Å². The van der Waals surface area contributed by atoms with Crippen molar-refractivity contribution in [3.8, 4) is 5.75 Å². The number of halogens is 2. The number of carbonyl (C=O) groups excluding carboxylic acids is 1. The number of rotatable bonds is 5. The number of nitrogens with one attached hydrogen (secondary N) is 1. The van der Waals surface area contributed by atoms with Gasteiger partial charge in [-0.2, -0.15) is 5.10 Å². The third kappa shape index (κ3) is 4.96. The predicted molar refractivity (Wildman–Crippen MR) is 138 cm³/mol. The Morgan fingerprint density at radius 3 is 2.65 bits per heavy atom. The maximum atomic E-state index is 13.3. The predicted octanol–water partition coefficient (Wildman–Crippen LogP) is 6.91. The first-order chi connectivity index (χ1) is 16.5. The van der Waals surface area contributed by atoms with Gasteiger partial charge in [0, 0.05) is 17.1 Å². The Bertz CT molecular complexity index is 1130. The van der Waals surface area contributed by atoms with Gasteiger partial charge in [0.2, 0.25) is 0 Å². The highest BCUT2D eigenvalue weighted by Crippen LogP contribution is 2.41. The fourth-order valence-electron chi connectivity index (χ4n) is 5.38. The average molecular weight is 498 g/mol. The van der Waals surface area contributed by atoms with Crippen molar-refractivity contribution in [2.45, 2.75) is 51.0 Å². The van der Waals surface area contributed by atoms with Crippen LogP contribution in [0.25, 0.3) is 0 Å². The van der Waals surface area contributed by atoms with Gasteiger partial charge in [-0.1, -0.05) is 47.8 Å². The first-order valence-electron chi connectivity index (χ1n) is 12.0. The maximum absolute atomic E-state index is 13.3. The number of hydrogen-bond acceptors (Lipinski definition) is 4. The molecule has 3 aliphatic rings. The van der Waals surface area contributed by atoms with Crippen molar-refractivity contribution < 1.29 is 9.53 Å². The van der Waals surface area contributed by atoms with Crippen LogP contribution < -0.4 is 15.1 Å². The highest BCUT2D eigenvalue weighted by atomic mass is 35.5. The van der Waals surface area contributed by atoms with E-state index >= 15 is 0 Å². The van der Waals surface area contributed by atoms with E-state index in [2.05, 4.69) is 11.4 Å². The highest BCUT2D eigenvalue weighted by molar-refractivity contribution is 6.40. The van der Waals surface area contributed by atoms with Crippen LogP contribution in [0, 0.1) is 11.8 Å². The van der Waals surface area contributed by atoms with Crippen molar-refractivity contribution in [1.29, 1.82) is 0 Å². The third-order valence-electron chi connectivity index (χ3n) is 7.27. The lowest BCUT2D eigenvalue weighted by Crippen LogP contribution is -2.30. The van der Waals surface area contributed by atoms with Crippen LogP contribution in [0.4, 0.5) is 5.69 Å². The minimum atomic E-state index is -0.160. The number of amides is 1. The number of methoxy groups -OCH3 is 1. The Labute approximate surface area is 210 Å². The average Bonchev–Trinajstić information content (AvgIpc) is 3.48. The number of nitrogens with zero attached hydrogens (tertiary/aromatic N) is 2. The molecule has 2 bridgehead atoms. The van der Waals surface area contributed by atoms with E-state index in [1.807, 2.05) is 35.3 Å². The summed E-state index contributed by atoms with van der Waals surface area (Å²) in [6.07, 6.45) is 9.82. The lowest BCUT2D eigenvalue weighted by molar-refractivity contribution is -0.114. The summed E-state index contributed by atoms with van der Waals surface area (Å²) in [5, 5.41) is 10.8. The number of ether oxygens (including phenoxy) is 1. The summed E-state index contributed by atoms with van der Waals surface area (Å²) in [7, 11) is 1.64. The molecule has 3 atom stereocenters. The first-order valence-corrected chi connectivity index (χ1v) is 12.7. The molecule has 0 saturated heterocycles. The van der Waals surface area contributed by atoms with Crippen molar-refractivity contribution in [3.63, 3.8) is 0 Å². The van der Waals surface area contributed by atoms with Crippen LogP contribution in [0.3, 0.4) is 0 Å². The second-order valence-corrected chi connectivity index (χ2v) is 10.3. The van der Waals surface area contributed by atoms with Crippen molar-refractivity contribution >= 4 is 40.5 Å². The van der Waals surface area contributed by atoms with Gasteiger partial charge in [-0.25, -0.2) is 0 Å². The summed E-state index contributed by atoms with van der Waals surface area (Å²) in [6, 6.07) is 13.0. The summed E-state index contributed by atoms with van der Waals surface area (Å²) in [5.41, 5.74) is 3.28.